The van der Waals surface area contributed by atoms with Crippen molar-refractivity contribution in [3.8, 4) is 0 Å². The Morgan fingerprint density at radius 2 is 1.07 bits per heavy atom. The Balaban J connectivity index is 2.06. The summed E-state index contributed by atoms with van der Waals surface area (Å²) >= 11 is 0. The van der Waals surface area contributed by atoms with E-state index in [9.17, 15) is 29.8 Å². The van der Waals surface area contributed by atoms with Crippen LogP contribution in [-0.2, 0) is 0 Å². The van der Waals surface area contributed by atoms with Crippen molar-refractivity contribution in [2.75, 3.05) is 11.5 Å². The molecule has 0 saturated heterocycles. The van der Waals surface area contributed by atoms with E-state index in [1.807, 2.05) is 0 Å². The van der Waals surface area contributed by atoms with E-state index < -0.39 is 21.0 Å². The molecular weight excluding hydrogens is 396 g/mol. The summed E-state index contributed by atoms with van der Waals surface area (Å²) in [6, 6.07) is 7.44. The molecule has 12 nitrogen and oxygen atoms in total. The van der Waals surface area contributed by atoms with Crippen LogP contribution in [0.25, 0.3) is 32.8 Å². The number of nitrogen functional groups attached to an aromatic ring is 2. The Morgan fingerprint density at radius 1 is 0.700 bits per heavy atom. The summed E-state index contributed by atoms with van der Waals surface area (Å²) in [5, 5.41) is 22.5. The zero-order chi connectivity index (χ0) is 21.5. The van der Waals surface area contributed by atoms with Crippen molar-refractivity contribution < 1.29 is 9.85 Å². The highest BCUT2D eigenvalue weighted by atomic mass is 16.6. The average molecular weight is 406 g/mol. The number of nitrogens with zero attached hydrogens (tertiary/aromatic N) is 4. The number of nitrogens with two attached hydrogens (primary N) is 2. The minimum absolute atomic E-state index is 0.0833. The van der Waals surface area contributed by atoms with Gasteiger partial charge in [-0.05, 0) is 12.1 Å². The molecule has 5 aromatic rings. The van der Waals surface area contributed by atoms with Gasteiger partial charge in [0, 0.05) is 35.0 Å². The molecule has 148 valence electrons. The third-order valence-corrected chi connectivity index (χ3v) is 5.21. The van der Waals surface area contributed by atoms with E-state index in [0.29, 0.717) is 0 Å². The molecule has 0 unspecified atom stereocenters. The highest BCUT2D eigenvalue weighted by molar-refractivity contribution is 6.06. The van der Waals surface area contributed by atoms with Crippen molar-refractivity contribution in [1.82, 2.24) is 8.80 Å². The largest absolute Gasteiger partial charge is 0.396 e. The minimum Gasteiger partial charge on any atom is -0.396 e. The molecule has 0 amide bonds. The smallest absolute Gasteiger partial charge is 0.282 e. The van der Waals surface area contributed by atoms with Crippen molar-refractivity contribution >= 4 is 55.6 Å². The van der Waals surface area contributed by atoms with Crippen LogP contribution in [0.15, 0.2) is 46.0 Å². The lowest BCUT2D eigenvalue weighted by Gasteiger charge is -2.00. The molecule has 2 aromatic carbocycles. The van der Waals surface area contributed by atoms with Crippen LogP contribution in [-0.4, -0.2) is 18.6 Å². The number of aromatic nitrogens is 2. The maximum Gasteiger partial charge on any atom is 0.282 e. The Hall–Kier alpha value is -4.74. The first-order valence-electron chi connectivity index (χ1n) is 8.48. The van der Waals surface area contributed by atoms with Gasteiger partial charge in [0.15, 0.2) is 0 Å². The normalized spacial score (nSPS) is 11.7. The lowest BCUT2D eigenvalue weighted by molar-refractivity contribution is -0.384. The summed E-state index contributed by atoms with van der Waals surface area (Å²) in [6.45, 7) is 0. The second kappa shape index (κ2) is 5.41. The number of hydrogen-bond acceptors (Lipinski definition) is 8. The summed E-state index contributed by atoms with van der Waals surface area (Å²) in [7, 11) is 0. The molecule has 0 radical (unpaired) electrons. The van der Waals surface area contributed by atoms with E-state index in [-0.39, 0.29) is 55.6 Å². The van der Waals surface area contributed by atoms with Gasteiger partial charge < -0.3 is 11.5 Å². The van der Waals surface area contributed by atoms with Crippen LogP contribution in [0.2, 0.25) is 0 Å². The summed E-state index contributed by atoms with van der Waals surface area (Å²) < 4.78 is 2.13. The molecule has 0 spiro atoms. The fourth-order valence-corrected chi connectivity index (χ4v) is 3.89. The first-order valence-corrected chi connectivity index (χ1v) is 8.48. The third-order valence-electron chi connectivity index (χ3n) is 5.21. The van der Waals surface area contributed by atoms with E-state index in [1.165, 1.54) is 36.4 Å². The van der Waals surface area contributed by atoms with Crippen LogP contribution in [0.3, 0.4) is 0 Å². The Morgan fingerprint density at radius 3 is 1.40 bits per heavy atom. The average Bonchev–Trinajstić information content (AvgIpc) is 3.18. The second-order valence-corrected chi connectivity index (χ2v) is 6.72. The molecule has 0 aliphatic heterocycles. The number of nitro groups is 2. The van der Waals surface area contributed by atoms with Crippen molar-refractivity contribution in [2.24, 2.45) is 0 Å². The van der Waals surface area contributed by atoms with Crippen LogP contribution >= 0.6 is 0 Å². The Bertz CT molecular complexity index is 1590. The highest BCUT2D eigenvalue weighted by Crippen LogP contribution is 2.33. The molecule has 3 aromatic heterocycles. The van der Waals surface area contributed by atoms with Crippen molar-refractivity contribution in [3.63, 3.8) is 0 Å². The first-order chi connectivity index (χ1) is 14.2. The topological polar surface area (TPSA) is 181 Å². The maximum atomic E-state index is 13.3. The minimum atomic E-state index is -0.670. The summed E-state index contributed by atoms with van der Waals surface area (Å²) in [5.41, 5.74) is 10.3. The van der Waals surface area contributed by atoms with Gasteiger partial charge >= 0.3 is 0 Å². The van der Waals surface area contributed by atoms with Crippen LogP contribution in [0.1, 0.15) is 0 Å². The van der Waals surface area contributed by atoms with E-state index in [1.54, 1.807) is 0 Å². The van der Waals surface area contributed by atoms with Gasteiger partial charge in [0.05, 0.1) is 32.3 Å². The van der Waals surface area contributed by atoms with Gasteiger partial charge in [-0.3, -0.25) is 38.6 Å². The molecular formula is C18H10N6O6. The fourth-order valence-electron chi connectivity index (χ4n) is 3.89. The maximum absolute atomic E-state index is 13.3. The SMILES string of the molecule is Nc1c2cc([N+](=O)[O-])ccc2n2c(=O)c3c(N)c4cc([N+](=O)[O-])ccc4n3c(=O)c12. The summed E-state index contributed by atoms with van der Waals surface area (Å²) in [5.74, 6) is 0. The standard InChI is InChI=1S/C18H10N6O6/c19-13-9-5-7(23(27)28)1-3-11(9)21-15(13)18(26)22-12-4-2-8(24(29)30)6-10(12)14(20)16(22)17(21)25/h1-6H,19-20H2. The Kier molecular flexibility index (Phi) is 3.13. The van der Waals surface area contributed by atoms with Gasteiger partial charge in [-0.1, -0.05) is 0 Å². The van der Waals surface area contributed by atoms with Crippen molar-refractivity contribution in [2.45, 2.75) is 0 Å². The van der Waals surface area contributed by atoms with Crippen LogP contribution in [0.5, 0.6) is 0 Å². The molecule has 0 aliphatic rings. The second-order valence-electron chi connectivity index (χ2n) is 6.72. The molecule has 0 aliphatic carbocycles. The van der Waals surface area contributed by atoms with Crippen molar-refractivity contribution in [1.29, 1.82) is 0 Å². The van der Waals surface area contributed by atoms with Crippen LogP contribution < -0.4 is 22.6 Å². The van der Waals surface area contributed by atoms with Gasteiger partial charge in [-0.15, -0.1) is 0 Å². The van der Waals surface area contributed by atoms with Crippen LogP contribution in [0, 0.1) is 20.2 Å². The van der Waals surface area contributed by atoms with Crippen LogP contribution in [0.4, 0.5) is 22.7 Å². The van der Waals surface area contributed by atoms with E-state index in [2.05, 4.69) is 0 Å². The van der Waals surface area contributed by atoms with Crippen molar-refractivity contribution in [3.05, 3.63) is 77.3 Å². The number of benzene rings is 2. The van der Waals surface area contributed by atoms with Gasteiger partial charge in [0.25, 0.3) is 22.5 Å². The zero-order valence-electron chi connectivity index (χ0n) is 14.9. The van der Waals surface area contributed by atoms with E-state index in [0.717, 1.165) is 8.80 Å². The monoisotopic (exact) mass is 406 g/mol. The molecule has 30 heavy (non-hydrogen) atoms. The number of nitro benzene ring substituents is 2. The molecule has 0 atom stereocenters. The summed E-state index contributed by atoms with van der Waals surface area (Å²) in [6.07, 6.45) is 0. The quantitative estimate of drug-likeness (QED) is 0.327. The highest BCUT2D eigenvalue weighted by Gasteiger charge is 2.24. The lowest BCUT2D eigenvalue weighted by Crippen LogP contribution is -2.26. The molecule has 3 heterocycles. The molecule has 4 N–H and O–H groups in total. The number of non-ortho nitro benzene ring substituents is 2. The van der Waals surface area contributed by atoms with Gasteiger partial charge in [0.1, 0.15) is 11.0 Å². The van der Waals surface area contributed by atoms with Gasteiger partial charge in [-0.25, -0.2) is 0 Å². The zero-order valence-corrected chi connectivity index (χ0v) is 14.9. The summed E-state index contributed by atoms with van der Waals surface area (Å²) in [4.78, 5) is 47.5. The number of fused-ring (bicyclic) bond motifs is 6. The molecule has 0 bridgehead atoms. The van der Waals surface area contributed by atoms with Gasteiger partial charge in [-0.2, -0.15) is 0 Å². The number of rotatable bonds is 2. The third kappa shape index (κ3) is 1.93. The molecule has 0 saturated carbocycles. The predicted molar refractivity (Wildman–Crippen MR) is 109 cm³/mol. The van der Waals surface area contributed by atoms with Gasteiger partial charge in [0.2, 0.25) is 0 Å². The lowest BCUT2D eigenvalue weighted by atomic mass is 10.2. The first kappa shape index (κ1) is 17.4. The fraction of sp³-hybridized carbons (Fsp3) is 0. The van der Waals surface area contributed by atoms with E-state index >= 15 is 0 Å². The number of hydrogen-bond donors (Lipinski definition) is 2. The molecule has 12 heteroatoms. The number of anilines is 2. The molecule has 5 rings (SSSR count). The molecule has 0 fully saturated rings. The van der Waals surface area contributed by atoms with E-state index in [4.69, 9.17) is 11.5 Å². The predicted octanol–water partition coefficient (Wildman–Crippen LogP) is 1.64. The Labute approximate surface area is 163 Å².